The van der Waals surface area contributed by atoms with E-state index in [1.54, 1.807) is 11.3 Å². The highest BCUT2D eigenvalue weighted by Gasteiger charge is 2.25. The van der Waals surface area contributed by atoms with Crippen LogP contribution in [-0.2, 0) is 9.59 Å². The van der Waals surface area contributed by atoms with Crippen LogP contribution in [0.1, 0.15) is 31.4 Å². The van der Waals surface area contributed by atoms with Crippen molar-refractivity contribution < 1.29 is 24.9 Å². The number of carboxylic acid groups (broad SMARTS) is 2. The van der Waals surface area contributed by atoms with Crippen LogP contribution in [0.15, 0.2) is 16.8 Å². The molecule has 1 aliphatic rings. The molecular weight excluding hydrogens is 270 g/mol. The number of aliphatic carboxylic acids is 2. The van der Waals surface area contributed by atoms with Crippen molar-refractivity contribution >= 4 is 23.3 Å². The largest absolute Gasteiger partial charge is 0.473 e. The summed E-state index contributed by atoms with van der Waals surface area (Å²) in [5.41, 5.74) is 1.32. The van der Waals surface area contributed by atoms with E-state index in [0.717, 1.165) is 12.8 Å². The molecule has 1 aromatic rings. The minimum Gasteiger partial charge on any atom is -0.473 e. The molecule has 0 aromatic carbocycles. The predicted molar refractivity (Wildman–Crippen MR) is 70.2 cm³/mol. The van der Waals surface area contributed by atoms with Crippen LogP contribution < -0.4 is 5.32 Å². The van der Waals surface area contributed by atoms with Gasteiger partial charge in [0, 0.05) is 12.1 Å². The van der Waals surface area contributed by atoms with Gasteiger partial charge in [-0.25, -0.2) is 9.59 Å². The molecule has 2 rings (SSSR count). The Labute approximate surface area is 114 Å². The van der Waals surface area contributed by atoms with E-state index in [1.165, 1.54) is 5.56 Å². The predicted octanol–water partition coefficient (Wildman–Crippen LogP) is 1.08. The number of aliphatic hydroxyl groups excluding tert-OH is 1. The number of thiophene rings is 1. The van der Waals surface area contributed by atoms with E-state index in [9.17, 15) is 5.11 Å². The number of hydrogen-bond acceptors (Lipinski definition) is 5. The topological polar surface area (TPSA) is 107 Å². The molecule has 1 aliphatic heterocycles. The Kier molecular flexibility index (Phi) is 5.94. The molecule has 7 heteroatoms. The van der Waals surface area contributed by atoms with Crippen LogP contribution in [0.25, 0.3) is 0 Å². The van der Waals surface area contributed by atoms with Crippen LogP contribution in [0.2, 0.25) is 0 Å². The molecule has 0 spiro atoms. The molecule has 1 saturated heterocycles. The Morgan fingerprint density at radius 3 is 2.37 bits per heavy atom. The van der Waals surface area contributed by atoms with Gasteiger partial charge in [0.2, 0.25) is 0 Å². The average molecular weight is 287 g/mol. The van der Waals surface area contributed by atoms with Gasteiger partial charge in [-0.3, -0.25) is 0 Å². The van der Waals surface area contributed by atoms with Crippen molar-refractivity contribution in [3.63, 3.8) is 0 Å². The van der Waals surface area contributed by atoms with Gasteiger partial charge >= 0.3 is 11.9 Å². The van der Waals surface area contributed by atoms with Gasteiger partial charge in [-0.1, -0.05) is 0 Å². The third-order valence-electron chi connectivity index (χ3n) is 2.75. The molecule has 0 aliphatic carbocycles. The highest BCUT2D eigenvalue weighted by atomic mass is 32.1. The van der Waals surface area contributed by atoms with E-state index in [1.807, 2.05) is 0 Å². The number of nitrogens with one attached hydrogen (secondary N) is 1. The maximum absolute atomic E-state index is 9.61. The summed E-state index contributed by atoms with van der Waals surface area (Å²) in [6.07, 6.45) is 1.59. The molecule has 6 nitrogen and oxygen atoms in total. The lowest BCUT2D eigenvalue weighted by atomic mass is 9.93. The molecule has 106 valence electrons. The van der Waals surface area contributed by atoms with Crippen LogP contribution in [0.5, 0.6) is 0 Å². The van der Waals surface area contributed by atoms with Crippen LogP contribution in [0.3, 0.4) is 0 Å². The van der Waals surface area contributed by atoms with Gasteiger partial charge in [-0.05, 0) is 42.2 Å². The van der Waals surface area contributed by atoms with Crippen LogP contribution in [0, 0.1) is 0 Å². The van der Waals surface area contributed by atoms with Gasteiger partial charge in [0.1, 0.15) is 0 Å². The molecule has 0 amide bonds. The van der Waals surface area contributed by atoms with Crippen LogP contribution >= 0.6 is 11.3 Å². The quantitative estimate of drug-likeness (QED) is 0.576. The van der Waals surface area contributed by atoms with E-state index < -0.39 is 11.9 Å². The van der Waals surface area contributed by atoms with Gasteiger partial charge in [0.25, 0.3) is 0 Å². The molecule has 0 bridgehead atoms. The van der Waals surface area contributed by atoms with Crippen molar-refractivity contribution in [2.45, 2.75) is 38.0 Å². The number of aliphatic hydroxyl groups is 1. The monoisotopic (exact) mass is 287 g/mol. The SMILES string of the molecule is C[C@@H]1C[C@H](O)C[C@H](c2ccsc2)N1.O=C(O)C(=O)O. The number of hydrogen-bond donors (Lipinski definition) is 4. The first-order valence-corrected chi connectivity index (χ1v) is 6.76. The average Bonchev–Trinajstić information content (AvgIpc) is 2.81. The summed E-state index contributed by atoms with van der Waals surface area (Å²) >= 11 is 1.71. The van der Waals surface area contributed by atoms with E-state index in [2.05, 4.69) is 29.1 Å². The Morgan fingerprint density at radius 1 is 1.32 bits per heavy atom. The second-order valence-electron chi connectivity index (χ2n) is 4.41. The summed E-state index contributed by atoms with van der Waals surface area (Å²) in [6, 6.07) is 2.91. The standard InChI is InChI=1S/C10H15NOS.C2H2O4/c1-7-4-9(12)5-10(11-7)8-2-3-13-6-8;3-1(4)2(5)6/h2-3,6-7,9-12H,4-5H2,1H3;(H,3,4)(H,5,6)/t7-,9+,10-;/m1./s1. The minimum atomic E-state index is -1.82. The molecule has 1 aromatic heterocycles. The molecule has 1 fully saturated rings. The molecule has 0 radical (unpaired) electrons. The third kappa shape index (κ3) is 5.37. The van der Waals surface area contributed by atoms with Crippen LogP contribution in [-0.4, -0.2) is 39.4 Å². The van der Waals surface area contributed by atoms with Gasteiger partial charge in [0.05, 0.1) is 6.10 Å². The molecule has 2 heterocycles. The maximum Gasteiger partial charge on any atom is 0.414 e. The Morgan fingerprint density at radius 2 is 1.95 bits per heavy atom. The highest BCUT2D eigenvalue weighted by Crippen LogP contribution is 2.26. The van der Waals surface area contributed by atoms with Gasteiger partial charge in [0.15, 0.2) is 0 Å². The number of carbonyl (C=O) groups is 2. The van der Waals surface area contributed by atoms with Crippen molar-refractivity contribution in [3.05, 3.63) is 22.4 Å². The smallest absolute Gasteiger partial charge is 0.414 e. The Bertz CT molecular complexity index is 398. The van der Waals surface area contributed by atoms with Crippen molar-refractivity contribution in [2.75, 3.05) is 0 Å². The van der Waals surface area contributed by atoms with Gasteiger partial charge in [-0.2, -0.15) is 11.3 Å². The Balaban J connectivity index is 0.000000258. The molecule has 0 unspecified atom stereocenters. The first kappa shape index (κ1) is 15.6. The zero-order valence-corrected chi connectivity index (χ0v) is 11.3. The fraction of sp³-hybridized carbons (Fsp3) is 0.500. The third-order valence-corrected chi connectivity index (χ3v) is 3.45. The lowest BCUT2D eigenvalue weighted by Gasteiger charge is -2.31. The summed E-state index contributed by atoms with van der Waals surface area (Å²) in [6.45, 7) is 2.13. The minimum absolute atomic E-state index is 0.138. The molecular formula is C12H17NO5S. The second-order valence-corrected chi connectivity index (χ2v) is 5.19. The molecule has 0 saturated carbocycles. The lowest BCUT2D eigenvalue weighted by Crippen LogP contribution is -2.40. The summed E-state index contributed by atoms with van der Waals surface area (Å²) in [5.74, 6) is -3.65. The zero-order chi connectivity index (χ0) is 14.4. The zero-order valence-electron chi connectivity index (χ0n) is 10.4. The van der Waals surface area contributed by atoms with E-state index >= 15 is 0 Å². The van der Waals surface area contributed by atoms with Gasteiger partial charge in [-0.15, -0.1) is 0 Å². The van der Waals surface area contributed by atoms with Crippen molar-refractivity contribution in [1.29, 1.82) is 0 Å². The van der Waals surface area contributed by atoms with E-state index in [-0.39, 0.29) is 6.10 Å². The highest BCUT2D eigenvalue weighted by molar-refractivity contribution is 7.07. The summed E-state index contributed by atoms with van der Waals surface area (Å²) < 4.78 is 0. The molecule has 3 atom stereocenters. The maximum atomic E-state index is 9.61. The Hall–Kier alpha value is -1.44. The summed E-state index contributed by atoms with van der Waals surface area (Å²) in [4.78, 5) is 18.2. The second kappa shape index (κ2) is 7.22. The first-order chi connectivity index (χ1) is 8.90. The van der Waals surface area contributed by atoms with Crippen molar-refractivity contribution in [1.82, 2.24) is 5.32 Å². The lowest BCUT2D eigenvalue weighted by molar-refractivity contribution is -0.159. The fourth-order valence-electron chi connectivity index (χ4n) is 1.96. The van der Waals surface area contributed by atoms with Crippen molar-refractivity contribution in [3.8, 4) is 0 Å². The number of rotatable bonds is 1. The normalized spacial score (nSPS) is 26.1. The van der Waals surface area contributed by atoms with E-state index in [4.69, 9.17) is 19.8 Å². The van der Waals surface area contributed by atoms with Crippen molar-refractivity contribution in [2.24, 2.45) is 0 Å². The van der Waals surface area contributed by atoms with E-state index in [0.29, 0.717) is 12.1 Å². The number of piperidine rings is 1. The summed E-state index contributed by atoms with van der Waals surface area (Å²) in [5, 5.41) is 32.1. The molecule has 4 N–H and O–H groups in total. The van der Waals surface area contributed by atoms with Gasteiger partial charge < -0.3 is 20.6 Å². The molecule has 19 heavy (non-hydrogen) atoms. The first-order valence-electron chi connectivity index (χ1n) is 5.82. The number of carboxylic acids is 2. The summed E-state index contributed by atoms with van der Waals surface area (Å²) in [7, 11) is 0. The fourth-order valence-corrected chi connectivity index (χ4v) is 2.68. The van der Waals surface area contributed by atoms with Crippen LogP contribution in [0.4, 0.5) is 0 Å².